The topological polar surface area (TPSA) is 40.6 Å². The van der Waals surface area contributed by atoms with Crippen LogP contribution in [0.15, 0.2) is 24.3 Å². The number of rotatable bonds is 1. The maximum atomic E-state index is 12.5. The van der Waals surface area contributed by atoms with Gasteiger partial charge in [0.15, 0.2) is 0 Å². The molecule has 0 aliphatic carbocycles. The van der Waals surface area contributed by atoms with Crippen molar-refractivity contribution in [2.45, 2.75) is 25.6 Å². The first-order valence-corrected chi connectivity index (χ1v) is 6.62. The fourth-order valence-corrected chi connectivity index (χ4v) is 2.93. The molecule has 1 aromatic rings. The van der Waals surface area contributed by atoms with E-state index in [1.165, 1.54) is 4.90 Å². The summed E-state index contributed by atoms with van der Waals surface area (Å²) in [5, 5.41) is 0. The summed E-state index contributed by atoms with van der Waals surface area (Å²) in [7, 11) is 0. The van der Waals surface area contributed by atoms with Gasteiger partial charge in [-0.05, 0) is 36.6 Å². The molecule has 112 valence electrons. The number of benzene rings is 1. The number of carbonyl (C=O) groups is 2. The lowest BCUT2D eigenvalue weighted by Gasteiger charge is -2.16. The summed E-state index contributed by atoms with van der Waals surface area (Å²) < 4.78 is 37.6. The second kappa shape index (κ2) is 4.47. The predicted octanol–water partition coefficient (Wildman–Crippen LogP) is 2.88. The highest BCUT2D eigenvalue weighted by molar-refractivity contribution is 6.21. The summed E-state index contributed by atoms with van der Waals surface area (Å²) in [5.41, 5.74) is -0.626. The summed E-state index contributed by atoms with van der Waals surface area (Å²) in [6, 6.07) is 3.14. The van der Waals surface area contributed by atoms with Gasteiger partial charge < -0.3 is 4.90 Å². The lowest BCUT2D eigenvalue weighted by atomic mass is 10.0. The third-order valence-corrected chi connectivity index (χ3v) is 4.06. The Hall–Kier alpha value is -2.05. The van der Waals surface area contributed by atoms with Gasteiger partial charge >= 0.3 is 12.2 Å². The summed E-state index contributed by atoms with van der Waals surface area (Å²) in [6.45, 7) is 2.40. The Balaban J connectivity index is 1.91. The van der Waals surface area contributed by atoms with E-state index < -0.39 is 23.8 Å². The maximum absolute atomic E-state index is 12.5. The molecule has 0 spiro atoms. The van der Waals surface area contributed by atoms with Crippen molar-refractivity contribution in [3.05, 3.63) is 29.8 Å². The predicted molar refractivity (Wildman–Crippen MR) is 68.6 cm³/mol. The molecule has 2 heterocycles. The van der Waals surface area contributed by atoms with Crippen LogP contribution in [0.1, 0.15) is 18.9 Å². The lowest BCUT2D eigenvalue weighted by molar-refractivity contribution is -0.137. The van der Waals surface area contributed by atoms with Gasteiger partial charge in [0.2, 0.25) is 0 Å². The largest absolute Gasteiger partial charge is 0.416 e. The van der Waals surface area contributed by atoms with Crippen molar-refractivity contribution in [2.75, 3.05) is 11.4 Å². The molecule has 0 bridgehead atoms. The molecule has 3 rings (SSSR count). The number of hydrogen-bond donors (Lipinski definition) is 0. The molecule has 1 aromatic carbocycles. The van der Waals surface area contributed by atoms with E-state index in [4.69, 9.17) is 0 Å². The van der Waals surface area contributed by atoms with E-state index >= 15 is 0 Å². The fourth-order valence-electron chi connectivity index (χ4n) is 2.93. The van der Waals surface area contributed by atoms with Crippen molar-refractivity contribution in [1.82, 2.24) is 4.90 Å². The number of fused-ring (bicyclic) bond motifs is 1. The lowest BCUT2D eigenvalue weighted by Crippen LogP contribution is -2.33. The smallest absolute Gasteiger partial charge is 0.312 e. The third-order valence-electron chi connectivity index (χ3n) is 4.06. The number of amides is 3. The number of alkyl halides is 3. The summed E-state index contributed by atoms with van der Waals surface area (Å²) >= 11 is 0. The van der Waals surface area contributed by atoms with Crippen molar-refractivity contribution in [1.29, 1.82) is 0 Å². The fraction of sp³-hybridized carbons (Fsp3) is 0.429. The van der Waals surface area contributed by atoms with E-state index in [-0.39, 0.29) is 17.5 Å². The number of imide groups is 1. The third kappa shape index (κ3) is 2.07. The van der Waals surface area contributed by atoms with E-state index in [1.54, 1.807) is 0 Å². The van der Waals surface area contributed by atoms with Crippen LogP contribution in [0.3, 0.4) is 0 Å². The quantitative estimate of drug-likeness (QED) is 0.748. The molecule has 2 aliphatic heterocycles. The Morgan fingerprint density at radius 2 is 1.76 bits per heavy atom. The van der Waals surface area contributed by atoms with Crippen LogP contribution in [0.2, 0.25) is 0 Å². The zero-order valence-electron chi connectivity index (χ0n) is 11.2. The molecule has 0 saturated carbocycles. The Morgan fingerprint density at radius 3 is 2.29 bits per heavy atom. The number of anilines is 1. The van der Waals surface area contributed by atoms with E-state index in [9.17, 15) is 22.8 Å². The molecule has 21 heavy (non-hydrogen) atoms. The molecule has 0 radical (unpaired) electrons. The van der Waals surface area contributed by atoms with Gasteiger partial charge in [-0.1, -0.05) is 6.92 Å². The molecule has 2 unspecified atom stereocenters. The average molecular weight is 298 g/mol. The van der Waals surface area contributed by atoms with Crippen molar-refractivity contribution in [3.8, 4) is 0 Å². The standard InChI is InChI=1S/C14H13F3N2O2/c1-8-6-7-18-11(8)12(20)19(13(18)21)10-4-2-9(3-5-10)14(15,16)17/h2-5,8,11H,6-7H2,1H3. The average Bonchev–Trinajstić information content (AvgIpc) is 2.90. The normalized spacial score (nSPS) is 25.7. The van der Waals surface area contributed by atoms with Gasteiger partial charge in [-0.25, -0.2) is 9.69 Å². The Labute approximate surface area is 119 Å². The molecule has 0 aromatic heterocycles. The Kier molecular flexibility index (Phi) is 2.96. The monoisotopic (exact) mass is 298 g/mol. The van der Waals surface area contributed by atoms with Crippen molar-refractivity contribution >= 4 is 17.6 Å². The molecule has 0 N–H and O–H groups in total. The molecular formula is C14H13F3N2O2. The first kappa shape index (κ1) is 13.9. The van der Waals surface area contributed by atoms with Gasteiger partial charge in [0.1, 0.15) is 6.04 Å². The zero-order valence-corrected chi connectivity index (χ0v) is 11.2. The molecular weight excluding hydrogens is 285 g/mol. The number of hydrogen-bond acceptors (Lipinski definition) is 2. The van der Waals surface area contributed by atoms with Gasteiger partial charge in [-0.2, -0.15) is 13.2 Å². The minimum atomic E-state index is -4.44. The van der Waals surface area contributed by atoms with Crippen LogP contribution < -0.4 is 4.90 Å². The molecule has 4 nitrogen and oxygen atoms in total. The van der Waals surface area contributed by atoms with E-state index in [2.05, 4.69) is 0 Å². The summed E-state index contributed by atoms with van der Waals surface area (Å²) in [6.07, 6.45) is -3.67. The van der Waals surface area contributed by atoms with Crippen LogP contribution in [0.5, 0.6) is 0 Å². The van der Waals surface area contributed by atoms with Crippen LogP contribution >= 0.6 is 0 Å². The van der Waals surface area contributed by atoms with Crippen LogP contribution in [-0.2, 0) is 11.0 Å². The van der Waals surface area contributed by atoms with Gasteiger partial charge in [-0.15, -0.1) is 0 Å². The first-order valence-electron chi connectivity index (χ1n) is 6.62. The molecule has 3 amide bonds. The molecule has 2 atom stereocenters. The Bertz CT molecular complexity index is 597. The van der Waals surface area contributed by atoms with E-state index in [0.717, 1.165) is 35.6 Å². The highest BCUT2D eigenvalue weighted by Crippen LogP contribution is 2.36. The van der Waals surface area contributed by atoms with Crippen molar-refractivity contribution in [3.63, 3.8) is 0 Å². The molecule has 2 fully saturated rings. The molecule has 2 saturated heterocycles. The minimum Gasteiger partial charge on any atom is -0.312 e. The van der Waals surface area contributed by atoms with Gasteiger partial charge in [0.05, 0.1) is 11.3 Å². The summed E-state index contributed by atoms with van der Waals surface area (Å²) in [5.74, 6) is -0.286. The second-order valence-electron chi connectivity index (χ2n) is 5.41. The van der Waals surface area contributed by atoms with Crippen LogP contribution in [0.4, 0.5) is 23.7 Å². The van der Waals surface area contributed by atoms with Crippen LogP contribution in [-0.4, -0.2) is 29.4 Å². The first-order chi connectivity index (χ1) is 9.80. The number of carbonyl (C=O) groups excluding carboxylic acids is 2. The minimum absolute atomic E-state index is 0.0703. The highest BCUT2D eigenvalue weighted by Gasteiger charge is 2.51. The zero-order chi connectivity index (χ0) is 15.4. The van der Waals surface area contributed by atoms with E-state index in [1.807, 2.05) is 6.92 Å². The van der Waals surface area contributed by atoms with Crippen molar-refractivity contribution < 1.29 is 22.8 Å². The van der Waals surface area contributed by atoms with Gasteiger partial charge in [0.25, 0.3) is 5.91 Å². The van der Waals surface area contributed by atoms with Crippen LogP contribution in [0.25, 0.3) is 0 Å². The van der Waals surface area contributed by atoms with Crippen molar-refractivity contribution in [2.24, 2.45) is 5.92 Å². The second-order valence-corrected chi connectivity index (χ2v) is 5.41. The van der Waals surface area contributed by atoms with Crippen LogP contribution in [0, 0.1) is 5.92 Å². The molecule has 7 heteroatoms. The van der Waals surface area contributed by atoms with E-state index in [0.29, 0.717) is 6.54 Å². The van der Waals surface area contributed by atoms with Gasteiger partial charge in [-0.3, -0.25) is 4.79 Å². The summed E-state index contributed by atoms with van der Waals surface area (Å²) in [4.78, 5) is 27.0. The maximum Gasteiger partial charge on any atom is 0.416 e. The van der Waals surface area contributed by atoms with Gasteiger partial charge in [0, 0.05) is 6.54 Å². The Morgan fingerprint density at radius 1 is 1.14 bits per heavy atom. The number of nitrogens with zero attached hydrogens (tertiary/aromatic N) is 2. The molecule has 2 aliphatic rings. The number of halogens is 3. The SMILES string of the molecule is CC1CCN2C(=O)N(c3ccc(C(F)(F)F)cc3)C(=O)C12. The highest BCUT2D eigenvalue weighted by atomic mass is 19.4. The number of urea groups is 1.